The van der Waals surface area contributed by atoms with Gasteiger partial charge in [-0.2, -0.15) is 26.3 Å². The standard InChI is InChI=1S/C31H33F6N3O2S/c1-4-39(25-8-6-5-7-9-25)28-22(11-21(15-38-28)26-10-18(2)17-43-26)16-40-19(3)27(42-29(40)41)20-12-23(30(32,33)34)14-24(13-20)31(35,36)37/h10-15,17,19,25,27H,4-9,16H2,1-3H3. The number of aryl methyl sites for hydroxylation is 1. The van der Waals surface area contributed by atoms with Crippen molar-refractivity contribution in [2.24, 2.45) is 0 Å². The van der Waals surface area contributed by atoms with Crippen LogP contribution in [0.2, 0.25) is 0 Å². The summed E-state index contributed by atoms with van der Waals surface area (Å²) < 4.78 is 86.8. The lowest BCUT2D eigenvalue weighted by atomic mass is 9.93. The molecule has 3 heterocycles. The molecule has 1 aliphatic carbocycles. The summed E-state index contributed by atoms with van der Waals surface area (Å²) in [6.45, 7) is 6.33. The van der Waals surface area contributed by atoms with E-state index in [1.54, 1.807) is 18.3 Å². The van der Waals surface area contributed by atoms with Gasteiger partial charge in [-0.25, -0.2) is 9.78 Å². The number of amides is 1. The summed E-state index contributed by atoms with van der Waals surface area (Å²) in [4.78, 5) is 22.6. The van der Waals surface area contributed by atoms with Gasteiger partial charge in [0.2, 0.25) is 0 Å². The molecule has 0 spiro atoms. The van der Waals surface area contributed by atoms with Crippen LogP contribution in [0.3, 0.4) is 0 Å². The maximum atomic E-state index is 13.6. The zero-order valence-electron chi connectivity index (χ0n) is 24.1. The van der Waals surface area contributed by atoms with Crippen molar-refractivity contribution < 1.29 is 35.9 Å². The zero-order chi connectivity index (χ0) is 31.1. The fourth-order valence-electron chi connectivity index (χ4n) is 6.06. The minimum atomic E-state index is -5.01. The molecule has 232 valence electrons. The normalized spacial score (nSPS) is 20.0. The van der Waals surface area contributed by atoms with Crippen LogP contribution in [-0.4, -0.2) is 34.6 Å². The van der Waals surface area contributed by atoms with Gasteiger partial charge in [-0.15, -0.1) is 11.3 Å². The molecule has 2 aromatic heterocycles. The van der Waals surface area contributed by atoms with Gasteiger partial charge >= 0.3 is 18.4 Å². The number of anilines is 1. The third kappa shape index (κ3) is 6.63. The number of carbonyl (C=O) groups excluding carboxylic acids is 1. The van der Waals surface area contributed by atoms with Crippen molar-refractivity contribution >= 4 is 23.2 Å². The number of hydrogen-bond acceptors (Lipinski definition) is 5. The summed E-state index contributed by atoms with van der Waals surface area (Å²) in [7, 11) is 0. The van der Waals surface area contributed by atoms with Crippen molar-refractivity contribution in [2.75, 3.05) is 11.4 Å². The fraction of sp³-hybridized carbons (Fsp3) is 0.484. The molecule has 0 radical (unpaired) electrons. The zero-order valence-corrected chi connectivity index (χ0v) is 24.9. The van der Waals surface area contributed by atoms with E-state index in [0.29, 0.717) is 24.5 Å². The molecule has 0 N–H and O–H groups in total. The van der Waals surface area contributed by atoms with Gasteiger partial charge in [0.05, 0.1) is 23.7 Å². The number of hydrogen-bond donors (Lipinski definition) is 0. The maximum Gasteiger partial charge on any atom is 0.416 e. The summed E-state index contributed by atoms with van der Waals surface area (Å²) in [5.41, 5.74) is -0.557. The molecule has 43 heavy (non-hydrogen) atoms. The van der Waals surface area contributed by atoms with E-state index in [1.165, 1.54) is 11.3 Å². The van der Waals surface area contributed by atoms with Crippen molar-refractivity contribution in [3.05, 3.63) is 69.7 Å². The number of aromatic nitrogens is 1. The van der Waals surface area contributed by atoms with E-state index in [0.717, 1.165) is 47.3 Å². The van der Waals surface area contributed by atoms with Crippen LogP contribution in [-0.2, 0) is 23.6 Å². The number of benzene rings is 1. The van der Waals surface area contributed by atoms with E-state index in [4.69, 9.17) is 9.72 Å². The predicted molar refractivity (Wildman–Crippen MR) is 153 cm³/mol. The first kappa shape index (κ1) is 31.2. The van der Waals surface area contributed by atoms with Crippen LogP contribution in [0.25, 0.3) is 10.4 Å². The van der Waals surface area contributed by atoms with Crippen LogP contribution in [0.5, 0.6) is 0 Å². The van der Waals surface area contributed by atoms with E-state index in [9.17, 15) is 31.1 Å². The molecule has 5 rings (SSSR count). The number of ether oxygens (including phenoxy) is 1. The molecule has 5 nitrogen and oxygen atoms in total. The first-order chi connectivity index (χ1) is 20.3. The molecular weight excluding hydrogens is 592 g/mol. The molecule has 2 fully saturated rings. The minimum Gasteiger partial charge on any atom is -0.439 e. The third-order valence-corrected chi connectivity index (χ3v) is 9.35. The Kier molecular flexibility index (Phi) is 8.70. The number of carbonyl (C=O) groups is 1. The van der Waals surface area contributed by atoms with Crippen LogP contribution in [0.4, 0.5) is 37.0 Å². The van der Waals surface area contributed by atoms with E-state index in [-0.39, 0.29) is 24.2 Å². The molecule has 1 aromatic carbocycles. The molecule has 3 aromatic rings. The Morgan fingerprint density at radius 2 is 1.65 bits per heavy atom. The first-order valence-electron chi connectivity index (χ1n) is 14.3. The molecule has 12 heteroatoms. The van der Waals surface area contributed by atoms with Gasteiger partial charge in [-0.1, -0.05) is 19.3 Å². The van der Waals surface area contributed by atoms with Crippen molar-refractivity contribution in [3.63, 3.8) is 0 Å². The molecule has 1 saturated carbocycles. The number of thiophene rings is 1. The van der Waals surface area contributed by atoms with E-state index >= 15 is 0 Å². The maximum absolute atomic E-state index is 13.6. The van der Waals surface area contributed by atoms with Gasteiger partial charge in [-0.05, 0) is 80.5 Å². The average Bonchev–Trinajstić information content (AvgIpc) is 3.52. The number of alkyl halides is 6. The van der Waals surface area contributed by atoms with Crippen LogP contribution in [0.15, 0.2) is 41.9 Å². The number of halogens is 6. The Morgan fingerprint density at radius 1 is 1.00 bits per heavy atom. The minimum absolute atomic E-state index is 0.0331. The molecule has 1 saturated heterocycles. The SMILES string of the molecule is CCN(c1ncc(-c2cc(C)cs2)cc1CN1C(=O)OC(c2cc(C(F)(F)F)cc(C(F)(F)F)c2)C1C)C1CCCCC1. The summed E-state index contributed by atoms with van der Waals surface area (Å²) >= 11 is 1.56. The summed E-state index contributed by atoms with van der Waals surface area (Å²) in [5.74, 6) is 0.716. The van der Waals surface area contributed by atoms with Crippen molar-refractivity contribution in [3.8, 4) is 10.4 Å². The third-order valence-electron chi connectivity index (χ3n) is 8.26. The Balaban J connectivity index is 1.51. The lowest BCUT2D eigenvalue weighted by Gasteiger charge is -2.36. The van der Waals surface area contributed by atoms with Crippen molar-refractivity contribution in [1.82, 2.24) is 9.88 Å². The highest BCUT2D eigenvalue weighted by molar-refractivity contribution is 7.13. The monoisotopic (exact) mass is 625 g/mol. The highest BCUT2D eigenvalue weighted by Gasteiger charge is 2.43. The van der Waals surface area contributed by atoms with E-state index in [1.807, 2.05) is 37.6 Å². The van der Waals surface area contributed by atoms with Crippen molar-refractivity contribution in [2.45, 2.75) is 90.0 Å². The van der Waals surface area contributed by atoms with Gasteiger partial charge < -0.3 is 9.64 Å². The predicted octanol–water partition coefficient (Wildman–Crippen LogP) is 9.40. The van der Waals surface area contributed by atoms with Gasteiger partial charge in [0.15, 0.2) is 0 Å². The molecular formula is C31H33F6N3O2S. The van der Waals surface area contributed by atoms with Crippen LogP contribution in [0, 0.1) is 6.92 Å². The molecule has 2 atom stereocenters. The number of rotatable bonds is 7. The Morgan fingerprint density at radius 3 is 2.21 bits per heavy atom. The van der Waals surface area contributed by atoms with Crippen molar-refractivity contribution in [1.29, 1.82) is 0 Å². The highest BCUT2D eigenvalue weighted by atomic mass is 32.1. The van der Waals surface area contributed by atoms with Gasteiger partial charge in [0, 0.05) is 34.8 Å². The highest BCUT2D eigenvalue weighted by Crippen LogP contribution is 2.42. The Labute approximate surface area is 250 Å². The second kappa shape index (κ2) is 12.0. The lowest BCUT2D eigenvalue weighted by molar-refractivity contribution is -0.143. The second-order valence-electron chi connectivity index (χ2n) is 11.3. The Bertz CT molecular complexity index is 1430. The summed E-state index contributed by atoms with van der Waals surface area (Å²) in [6, 6.07) is 4.77. The summed E-state index contributed by atoms with van der Waals surface area (Å²) in [6.07, 6.45) is -4.92. The molecule has 2 aliphatic rings. The molecule has 1 amide bonds. The quantitative estimate of drug-likeness (QED) is 0.246. The van der Waals surface area contributed by atoms with Gasteiger partial charge in [0.1, 0.15) is 11.9 Å². The van der Waals surface area contributed by atoms with Gasteiger partial charge in [-0.3, -0.25) is 4.90 Å². The smallest absolute Gasteiger partial charge is 0.416 e. The second-order valence-corrected chi connectivity index (χ2v) is 12.2. The van der Waals surface area contributed by atoms with Gasteiger partial charge in [0.25, 0.3) is 0 Å². The largest absolute Gasteiger partial charge is 0.439 e. The van der Waals surface area contributed by atoms with Crippen LogP contribution in [0.1, 0.15) is 79.9 Å². The van der Waals surface area contributed by atoms with E-state index < -0.39 is 41.7 Å². The lowest BCUT2D eigenvalue weighted by Crippen LogP contribution is -2.39. The number of cyclic esters (lactones) is 1. The molecule has 0 bridgehead atoms. The topological polar surface area (TPSA) is 45.7 Å². The average molecular weight is 626 g/mol. The number of nitrogens with zero attached hydrogens (tertiary/aromatic N) is 3. The van der Waals surface area contributed by atoms with Crippen LogP contribution < -0.4 is 4.90 Å². The first-order valence-corrected chi connectivity index (χ1v) is 15.2. The summed E-state index contributed by atoms with van der Waals surface area (Å²) in [5, 5.41) is 2.03. The molecule has 1 aliphatic heterocycles. The fourth-order valence-corrected chi connectivity index (χ4v) is 6.94. The molecule has 2 unspecified atom stereocenters. The van der Waals surface area contributed by atoms with Crippen LogP contribution >= 0.6 is 11.3 Å². The number of pyridine rings is 1. The van der Waals surface area contributed by atoms with E-state index in [2.05, 4.69) is 4.90 Å². The Hall–Kier alpha value is -3.28.